The summed E-state index contributed by atoms with van der Waals surface area (Å²) >= 11 is 0. The van der Waals surface area contributed by atoms with Gasteiger partial charge in [-0.1, -0.05) is 48.0 Å². The third-order valence-electron chi connectivity index (χ3n) is 2.94. The Hall–Kier alpha value is -1.65. The molecule has 2 rings (SSSR count). The Kier molecular flexibility index (Phi) is 4.02. The molecule has 0 aliphatic carbocycles. The molecule has 0 saturated heterocycles. The second kappa shape index (κ2) is 5.55. The van der Waals surface area contributed by atoms with Crippen molar-refractivity contribution in [1.29, 1.82) is 0 Å². The number of sulfone groups is 1. The van der Waals surface area contributed by atoms with Gasteiger partial charge in [-0.15, -0.1) is 0 Å². The fraction of sp³-hybridized carbons (Fsp3) is 0.200. The van der Waals surface area contributed by atoms with Gasteiger partial charge in [-0.25, -0.2) is 8.42 Å². The molecule has 0 radical (unpaired) electrons. The van der Waals surface area contributed by atoms with Gasteiger partial charge in [-0.2, -0.15) is 0 Å². The van der Waals surface area contributed by atoms with Crippen LogP contribution in [0.3, 0.4) is 0 Å². The molecule has 0 spiro atoms. The van der Waals surface area contributed by atoms with E-state index in [1.165, 1.54) is 0 Å². The maximum atomic E-state index is 12.2. The lowest BCUT2D eigenvalue weighted by Gasteiger charge is -2.11. The summed E-state index contributed by atoms with van der Waals surface area (Å²) in [6.45, 7) is 1.90. The number of aryl methyl sites for hydroxylation is 1. The molecule has 0 bridgehead atoms. The Labute approximate surface area is 113 Å². The molecule has 0 heterocycles. The lowest BCUT2D eigenvalue weighted by molar-refractivity contribution is 0.201. The first kappa shape index (κ1) is 13.8. The van der Waals surface area contributed by atoms with E-state index < -0.39 is 15.9 Å². The maximum absolute atomic E-state index is 12.2. The van der Waals surface area contributed by atoms with Crippen molar-refractivity contribution >= 4 is 9.84 Å². The summed E-state index contributed by atoms with van der Waals surface area (Å²) in [6, 6.07) is 15.5. The molecule has 0 fully saturated rings. The molecule has 0 aliphatic heterocycles. The van der Waals surface area contributed by atoms with Crippen molar-refractivity contribution < 1.29 is 13.5 Å². The van der Waals surface area contributed by atoms with E-state index in [-0.39, 0.29) is 10.6 Å². The van der Waals surface area contributed by atoms with Crippen molar-refractivity contribution in [3.63, 3.8) is 0 Å². The molecule has 4 heteroatoms. The fourth-order valence-corrected chi connectivity index (χ4v) is 3.17. The summed E-state index contributed by atoms with van der Waals surface area (Å²) in [7, 11) is -3.47. The predicted molar refractivity (Wildman–Crippen MR) is 74.6 cm³/mol. The summed E-state index contributed by atoms with van der Waals surface area (Å²) in [5.74, 6) is -0.305. The number of rotatable bonds is 4. The zero-order chi connectivity index (χ0) is 13.9. The molecule has 100 valence electrons. The molecule has 0 amide bonds. The van der Waals surface area contributed by atoms with Gasteiger partial charge in [0, 0.05) is 0 Å². The second-order valence-electron chi connectivity index (χ2n) is 4.52. The average molecular weight is 276 g/mol. The van der Waals surface area contributed by atoms with E-state index in [4.69, 9.17) is 0 Å². The molecule has 19 heavy (non-hydrogen) atoms. The van der Waals surface area contributed by atoms with E-state index in [0.29, 0.717) is 5.56 Å². The van der Waals surface area contributed by atoms with Gasteiger partial charge in [0.25, 0.3) is 0 Å². The third-order valence-corrected chi connectivity index (χ3v) is 4.69. The largest absolute Gasteiger partial charge is 0.387 e. The van der Waals surface area contributed by atoms with Gasteiger partial charge in [0.05, 0.1) is 16.8 Å². The summed E-state index contributed by atoms with van der Waals surface area (Å²) < 4.78 is 24.3. The molecular weight excluding hydrogens is 260 g/mol. The van der Waals surface area contributed by atoms with Gasteiger partial charge in [-0.3, -0.25) is 0 Å². The average Bonchev–Trinajstić information content (AvgIpc) is 2.40. The summed E-state index contributed by atoms with van der Waals surface area (Å²) in [6.07, 6.45) is -1.01. The van der Waals surface area contributed by atoms with Crippen LogP contribution >= 0.6 is 0 Å². The molecule has 3 nitrogen and oxygen atoms in total. The third kappa shape index (κ3) is 3.43. The first-order valence-electron chi connectivity index (χ1n) is 6.01. The van der Waals surface area contributed by atoms with Crippen molar-refractivity contribution in [2.24, 2.45) is 0 Å². The molecular formula is C15H16O3S. The van der Waals surface area contributed by atoms with Crippen molar-refractivity contribution in [2.75, 3.05) is 5.75 Å². The SMILES string of the molecule is Cc1ccc(S(=O)(=O)C[C@H](O)c2ccccc2)cc1. The van der Waals surface area contributed by atoms with Crippen LogP contribution in [0.15, 0.2) is 59.5 Å². The molecule has 0 aromatic heterocycles. The van der Waals surface area contributed by atoms with E-state index in [2.05, 4.69) is 0 Å². The van der Waals surface area contributed by atoms with Gasteiger partial charge < -0.3 is 5.11 Å². The van der Waals surface area contributed by atoms with Crippen molar-refractivity contribution in [3.05, 3.63) is 65.7 Å². The van der Waals surface area contributed by atoms with Crippen LogP contribution in [0.5, 0.6) is 0 Å². The highest BCUT2D eigenvalue weighted by Gasteiger charge is 2.20. The molecule has 0 unspecified atom stereocenters. The zero-order valence-electron chi connectivity index (χ0n) is 10.7. The number of hydrogen-bond acceptors (Lipinski definition) is 3. The minimum absolute atomic E-state index is 0.244. The van der Waals surface area contributed by atoms with E-state index in [0.717, 1.165) is 5.56 Å². The van der Waals surface area contributed by atoms with Crippen molar-refractivity contribution in [3.8, 4) is 0 Å². The van der Waals surface area contributed by atoms with Gasteiger partial charge in [0.2, 0.25) is 0 Å². The highest BCUT2D eigenvalue weighted by molar-refractivity contribution is 7.91. The van der Waals surface area contributed by atoms with Crippen LogP contribution in [0.2, 0.25) is 0 Å². The summed E-state index contributed by atoms with van der Waals surface area (Å²) in [4.78, 5) is 0.244. The van der Waals surface area contributed by atoms with Crippen LogP contribution in [-0.4, -0.2) is 19.3 Å². The van der Waals surface area contributed by atoms with Crippen LogP contribution in [0.25, 0.3) is 0 Å². The quantitative estimate of drug-likeness (QED) is 0.933. The first-order valence-corrected chi connectivity index (χ1v) is 7.67. The molecule has 0 saturated carbocycles. The van der Waals surface area contributed by atoms with Crippen LogP contribution < -0.4 is 0 Å². The Balaban J connectivity index is 2.20. The Bertz CT molecular complexity index is 631. The molecule has 0 aliphatic rings. The second-order valence-corrected chi connectivity index (χ2v) is 6.56. The van der Waals surface area contributed by atoms with Gasteiger partial charge >= 0.3 is 0 Å². The van der Waals surface area contributed by atoms with Gasteiger partial charge in [0.1, 0.15) is 0 Å². The minimum atomic E-state index is -3.47. The summed E-state index contributed by atoms with van der Waals surface area (Å²) in [5.41, 5.74) is 1.61. The van der Waals surface area contributed by atoms with Gasteiger partial charge in [-0.05, 0) is 24.6 Å². The minimum Gasteiger partial charge on any atom is -0.387 e. The molecule has 2 aromatic carbocycles. The standard InChI is InChI=1S/C15H16O3S/c1-12-7-9-14(10-8-12)19(17,18)11-15(16)13-5-3-2-4-6-13/h2-10,15-16H,11H2,1H3/t15-/m0/s1. The van der Waals surface area contributed by atoms with E-state index in [9.17, 15) is 13.5 Å². The van der Waals surface area contributed by atoms with E-state index in [1.807, 2.05) is 13.0 Å². The number of aliphatic hydroxyl groups excluding tert-OH is 1. The number of aliphatic hydroxyl groups is 1. The fourth-order valence-electron chi connectivity index (χ4n) is 1.82. The highest BCUT2D eigenvalue weighted by atomic mass is 32.2. The summed E-state index contributed by atoms with van der Waals surface area (Å²) in [5, 5.41) is 9.99. The van der Waals surface area contributed by atoms with Crippen LogP contribution in [0.4, 0.5) is 0 Å². The van der Waals surface area contributed by atoms with Crippen LogP contribution in [0.1, 0.15) is 17.2 Å². The monoisotopic (exact) mass is 276 g/mol. The van der Waals surface area contributed by atoms with Crippen LogP contribution in [0, 0.1) is 6.92 Å². The highest BCUT2D eigenvalue weighted by Crippen LogP contribution is 2.20. The first-order chi connectivity index (χ1) is 8.99. The smallest absolute Gasteiger partial charge is 0.181 e. The maximum Gasteiger partial charge on any atom is 0.181 e. The van der Waals surface area contributed by atoms with E-state index in [1.54, 1.807) is 48.5 Å². The zero-order valence-corrected chi connectivity index (χ0v) is 11.5. The Morgan fingerprint density at radius 3 is 2.16 bits per heavy atom. The number of hydrogen-bond donors (Lipinski definition) is 1. The van der Waals surface area contributed by atoms with E-state index >= 15 is 0 Å². The predicted octanol–water partition coefficient (Wildman–Crippen LogP) is 2.50. The van der Waals surface area contributed by atoms with Crippen molar-refractivity contribution in [2.45, 2.75) is 17.9 Å². The normalized spacial score (nSPS) is 13.2. The lowest BCUT2D eigenvalue weighted by atomic mass is 10.1. The number of benzene rings is 2. The van der Waals surface area contributed by atoms with Crippen LogP contribution in [-0.2, 0) is 9.84 Å². The molecule has 1 N–H and O–H groups in total. The van der Waals surface area contributed by atoms with Gasteiger partial charge in [0.15, 0.2) is 9.84 Å². The Morgan fingerprint density at radius 1 is 1.00 bits per heavy atom. The van der Waals surface area contributed by atoms with Crippen molar-refractivity contribution in [1.82, 2.24) is 0 Å². The molecule has 2 aromatic rings. The lowest BCUT2D eigenvalue weighted by Crippen LogP contribution is -2.14. The molecule has 1 atom stereocenters. The Morgan fingerprint density at radius 2 is 1.58 bits per heavy atom. The topological polar surface area (TPSA) is 54.4 Å².